The van der Waals surface area contributed by atoms with Gasteiger partial charge in [-0.1, -0.05) is 20.8 Å². The molecule has 0 aromatic heterocycles. The Hall–Kier alpha value is -1.00. The molecule has 3 fully saturated rings. The Balaban J connectivity index is 1.75. The maximum Gasteiger partial charge on any atom is 0.162 e. The average Bonchev–Trinajstić information content (AvgIpc) is 2.86. The van der Waals surface area contributed by atoms with Gasteiger partial charge in [-0.2, -0.15) is 0 Å². The molecule has 0 spiro atoms. The van der Waals surface area contributed by atoms with Crippen LogP contribution in [0.4, 0.5) is 0 Å². The van der Waals surface area contributed by atoms with Crippen molar-refractivity contribution >= 4 is 11.6 Å². The number of hydrogen-bond donors (Lipinski definition) is 2. The summed E-state index contributed by atoms with van der Waals surface area (Å²) in [5.41, 5.74) is -0.208. The highest BCUT2D eigenvalue weighted by Crippen LogP contribution is 2.69. The number of fused-ring (bicyclic) bond motifs is 5. The predicted octanol–water partition coefficient (Wildman–Crippen LogP) is 3.30. The van der Waals surface area contributed by atoms with Crippen molar-refractivity contribution in [3.05, 3.63) is 11.6 Å². The number of carbonyl (C=O) groups excluding carboxylic acids is 2. The van der Waals surface area contributed by atoms with Gasteiger partial charge in [-0.25, -0.2) is 0 Å². The molecule has 4 aliphatic rings. The molecule has 0 aromatic rings. The summed E-state index contributed by atoms with van der Waals surface area (Å²) < 4.78 is 0. The number of aliphatic hydroxyl groups is 2. The Kier molecular flexibility index (Phi) is 4.29. The van der Waals surface area contributed by atoms with Gasteiger partial charge in [0.1, 0.15) is 6.61 Å². The van der Waals surface area contributed by atoms with Crippen LogP contribution < -0.4 is 0 Å². The molecule has 0 saturated heterocycles. The van der Waals surface area contributed by atoms with Crippen molar-refractivity contribution in [2.75, 3.05) is 6.61 Å². The second-order valence-electron chi connectivity index (χ2n) is 10.7. The molecule has 0 radical (unpaired) electrons. The van der Waals surface area contributed by atoms with Gasteiger partial charge in [0, 0.05) is 12.3 Å². The van der Waals surface area contributed by atoms with Crippen LogP contribution in [0.2, 0.25) is 0 Å². The van der Waals surface area contributed by atoms with Crippen molar-refractivity contribution in [1.82, 2.24) is 0 Å². The molecule has 0 heterocycles. The SMILES string of the molecule is C[C@@H]1C[C@H]2[C@@H]3C[C@](C)(O)C4=CC(=O)CC[C@]4(C)[C@H]3CC[C@]2(C)[C@H]1C(=O)CO. The lowest BCUT2D eigenvalue weighted by atomic mass is 9.44. The van der Waals surface area contributed by atoms with Gasteiger partial charge >= 0.3 is 0 Å². The van der Waals surface area contributed by atoms with Crippen molar-refractivity contribution < 1.29 is 19.8 Å². The lowest BCUT2D eigenvalue weighted by Gasteiger charge is -2.61. The van der Waals surface area contributed by atoms with Gasteiger partial charge in [0.15, 0.2) is 11.6 Å². The Bertz CT molecular complexity index is 707. The van der Waals surface area contributed by atoms with Crippen LogP contribution in [0.3, 0.4) is 0 Å². The third-order valence-electron chi connectivity index (χ3n) is 9.13. The monoisotopic (exact) mass is 374 g/mol. The van der Waals surface area contributed by atoms with Gasteiger partial charge < -0.3 is 10.2 Å². The minimum Gasteiger partial charge on any atom is -0.389 e. The molecule has 150 valence electrons. The van der Waals surface area contributed by atoms with E-state index in [9.17, 15) is 19.8 Å². The highest BCUT2D eigenvalue weighted by molar-refractivity contribution is 5.92. The topological polar surface area (TPSA) is 74.6 Å². The summed E-state index contributed by atoms with van der Waals surface area (Å²) in [6, 6.07) is 0. The molecular weight excluding hydrogens is 340 g/mol. The Morgan fingerprint density at radius 1 is 1.22 bits per heavy atom. The van der Waals surface area contributed by atoms with E-state index in [0.29, 0.717) is 30.6 Å². The summed E-state index contributed by atoms with van der Waals surface area (Å²) in [5.74, 6) is 1.57. The smallest absolute Gasteiger partial charge is 0.162 e. The molecule has 4 heteroatoms. The first-order valence-corrected chi connectivity index (χ1v) is 10.7. The first-order chi connectivity index (χ1) is 12.5. The number of aliphatic hydroxyl groups excluding tert-OH is 1. The standard InChI is InChI=1S/C23H34O4/c1-13-9-17-15-11-23(4,27)19-10-14(25)5-7-21(19,2)16(15)6-8-22(17,3)20(13)18(26)12-24/h10,13,15-17,20,24,27H,5-9,11-12H2,1-4H3/t13-,15-,16+,17+,20-,21-,22+,23+/m1/s1. The zero-order valence-corrected chi connectivity index (χ0v) is 17.1. The third kappa shape index (κ3) is 2.55. The Morgan fingerprint density at radius 2 is 1.93 bits per heavy atom. The van der Waals surface area contributed by atoms with Crippen molar-refractivity contribution in [3.63, 3.8) is 0 Å². The summed E-state index contributed by atoms with van der Waals surface area (Å²) in [5, 5.41) is 20.9. The van der Waals surface area contributed by atoms with E-state index in [2.05, 4.69) is 20.8 Å². The van der Waals surface area contributed by atoms with E-state index in [1.807, 2.05) is 6.92 Å². The van der Waals surface area contributed by atoms with Crippen LogP contribution in [0.5, 0.6) is 0 Å². The highest BCUT2D eigenvalue weighted by atomic mass is 16.3. The van der Waals surface area contributed by atoms with Gasteiger partial charge in [0.05, 0.1) is 5.60 Å². The molecule has 4 nitrogen and oxygen atoms in total. The fourth-order valence-electron chi connectivity index (χ4n) is 8.15. The molecule has 0 bridgehead atoms. The summed E-state index contributed by atoms with van der Waals surface area (Å²) >= 11 is 0. The van der Waals surface area contributed by atoms with Crippen LogP contribution >= 0.6 is 0 Å². The van der Waals surface area contributed by atoms with Gasteiger partial charge in [-0.05, 0) is 85.2 Å². The molecule has 4 aliphatic carbocycles. The molecule has 0 aliphatic heterocycles. The zero-order valence-electron chi connectivity index (χ0n) is 17.1. The fourth-order valence-corrected chi connectivity index (χ4v) is 8.15. The van der Waals surface area contributed by atoms with E-state index in [4.69, 9.17) is 0 Å². The zero-order chi connectivity index (χ0) is 19.8. The van der Waals surface area contributed by atoms with Crippen LogP contribution in [0.15, 0.2) is 11.6 Å². The number of ketones is 2. The number of carbonyl (C=O) groups is 2. The van der Waals surface area contributed by atoms with Crippen LogP contribution in [0.1, 0.15) is 66.2 Å². The minimum absolute atomic E-state index is 0.0106. The van der Waals surface area contributed by atoms with Crippen molar-refractivity contribution in [2.24, 2.45) is 40.4 Å². The average molecular weight is 375 g/mol. The van der Waals surface area contributed by atoms with Gasteiger partial charge in [0.25, 0.3) is 0 Å². The van der Waals surface area contributed by atoms with Crippen LogP contribution in [0.25, 0.3) is 0 Å². The normalized spacial score (nSPS) is 51.9. The summed E-state index contributed by atoms with van der Waals surface area (Å²) in [7, 11) is 0. The maximum absolute atomic E-state index is 12.6. The van der Waals surface area contributed by atoms with Crippen molar-refractivity contribution in [3.8, 4) is 0 Å². The third-order valence-corrected chi connectivity index (χ3v) is 9.13. The fraction of sp³-hybridized carbons (Fsp3) is 0.826. The van der Waals surface area contributed by atoms with E-state index in [0.717, 1.165) is 31.3 Å². The molecule has 8 atom stereocenters. The van der Waals surface area contributed by atoms with E-state index in [1.54, 1.807) is 6.08 Å². The molecular formula is C23H34O4. The van der Waals surface area contributed by atoms with Crippen molar-refractivity contribution in [1.29, 1.82) is 0 Å². The van der Waals surface area contributed by atoms with E-state index in [1.165, 1.54) is 0 Å². The quantitative estimate of drug-likeness (QED) is 0.778. The van der Waals surface area contributed by atoms with Gasteiger partial charge in [0.2, 0.25) is 0 Å². The van der Waals surface area contributed by atoms with E-state index >= 15 is 0 Å². The van der Waals surface area contributed by atoms with Gasteiger partial charge in [-0.3, -0.25) is 9.59 Å². The Morgan fingerprint density at radius 3 is 2.59 bits per heavy atom. The molecule has 4 rings (SSSR count). The first-order valence-electron chi connectivity index (χ1n) is 10.7. The van der Waals surface area contributed by atoms with E-state index in [-0.39, 0.29) is 40.8 Å². The second-order valence-corrected chi connectivity index (χ2v) is 10.7. The number of hydrogen-bond acceptors (Lipinski definition) is 4. The molecule has 0 amide bonds. The highest BCUT2D eigenvalue weighted by Gasteiger charge is 2.64. The largest absolute Gasteiger partial charge is 0.389 e. The predicted molar refractivity (Wildman–Crippen MR) is 103 cm³/mol. The minimum atomic E-state index is -0.952. The van der Waals surface area contributed by atoms with Crippen LogP contribution in [0, 0.1) is 40.4 Å². The first kappa shape index (κ1) is 19.3. The second kappa shape index (κ2) is 6.00. The van der Waals surface area contributed by atoms with Crippen LogP contribution in [-0.4, -0.2) is 34.0 Å². The molecule has 3 saturated carbocycles. The summed E-state index contributed by atoms with van der Waals surface area (Å²) in [4.78, 5) is 24.6. The molecule has 0 aromatic carbocycles. The van der Waals surface area contributed by atoms with Crippen molar-refractivity contribution in [2.45, 2.75) is 71.8 Å². The lowest BCUT2D eigenvalue weighted by molar-refractivity contribution is -0.138. The number of rotatable bonds is 2. The Labute approximate surface area is 162 Å². The molecule has 0 unspecified atom stereocenters. The van der Waals surface area contributed by atoms with Crippen LogP contribution in [-0.2, 0) is 9.59 Å². The summed E-state index contributed by atoms with van der Waals surface area (Å²) in [6.45, 7) is 8.18. The lowest BCUT2D eigenvalue weighted by Crippen LogP contribution is -2.57. The molecule has 2 N–H and O–H groups in total. The number of Topliss-reactive ketones (excluding diaryl/α,β-unsaturated/α-hetero) is 1. The summed E-state index contributed by atoms with van der Waals surface area (Å²) in [6.07, 6.45) is 6.85. The van der Waals surface area contributed by atoms with Gasteiger partial charge in [-0.15, -0.1) is 0 Å². The maximum atomic E-state index is 12.6. The van der Waals surface area contributed by atoms with E-state index < -0.39 is 5.60 Å². The molecule has 27 heavy (non-hydrogen) atoms.